The summed E-state index contributed by atoms with van der Waals surface area (Å²) in [5.74, 6) is 1.39. The Morgan fingerprint density at radius 3 is 2.86 bits per heavy atom. The second-order valence-electron chi connectivity index (χ2n) is 6.18. The predicted molar refractivity (Wildman–Crippen MR) is 108 cm³/mol. The van der Waals surface area contributed by atoms with Crippen LogP contribution >= 0.6 is 11.3 Å². The SMILES string of the molecule is COCc1nc2nnc(-c3ccnc(Nc4nc5ccccc5s4)n3)c(C)n2n1. The van der Waals surface area contributed by atoms with Crippen LogP contribution in [0.1, 0.15) is 11.5 Å². The van der Waals surface area contributed by atoms with E-state index >= 15 is 0 Å². The van der Waals surface area contributed by atoms with Gasteiger partial charge in [0.25, 0.3) is 5.78 Å². The normalized spacial score (nSPS) is 11.4. The van der Waals surface area contributed by atoms with Crippen LogP contribution in [0.5, 0.6) is 0 Å². The van der Waals surface area contributed by atoms with Crippen molar-refractivity contribution in [3.63, 3.8) is 0 Å². The summed E-state index contributed by atoms with van der Waals surface area (Å²) in [6.07, 6.45) is 1.67. The van der Waals surface area contributed by atoms with Crippen molar-refractivity contribution in [3.8, 4) is 11.4 Å². The summed E-state index contributed by atoms with van der Waals surface area (Å²) in [4.78, 5) is 17.7. The minimum Gasteiger partial charge on any atom is -0.377 e. The topological polar surface area (TPSA) is 116 Å². The first-order chi connectivity index (χ1) is 14.2. The molecule has 29 heavy (non-hydrogen) atoms. The van der Waals surface area contributed by atoms with E-state index in [0.717, 1.165) is 21.0 Å². The van der Waals surface area contributed by atoms with Crippen molar-refractivity contribution >= 4 is 38.4 Å². The molecular weight excluding hydrogens is 390 g/mol. The average molecular weight is 405 g/mol. The van der Waals surface area contributed by atoms with Gasteiger partial charge >= 0.3 is 0 Å². The first-order valence-corrected chi connectivity index (χ1v) is 9.57. The maximum absolute atomic E-state index is 5.09. The van der Waals surface area contributed by atoms with Gasteiger partial charge in [0.2, 0.25) is 5.95 Å². The lowest BCUT2D eigenvalue weighted by molar-refractivity contribution is 0.178. The lowest BCUT2D eigenvalue weighted by atomic mass is 10.2. The van der Waals surface area contributed by atoms with Gasteiger partial charge in [0, 0.05) is 13.3 Å². The highest BCUT2D eigenvalue weighted by Crippen LogP contribution is 2.27. The Morgan fingerprint density at radius 1 is 1.10 bits per heavy atom. The van der Waals surface area contributed by atoms with E-state index in [0.29, 0.717) is 35.5 Å². The lowest BCUT2D eigenvalue weighted by Gasteiger charge is -2.06. The maximum atomic E-state index is 5.09. The number of nitrogens with one attached hydrogen (secondary N) is 1. The summed E-state index contributed by atoms with van der Waals surface area (Å²) in [5.41, 5.74) is 2.93. The highest BCUT2D eigenvalue weighted by atomic mass is 32.1. The molecule has 0 bridgehead atoms. The molecule has 5 aromatic rings. The minimum absolute atomic E-state index is 0.307. The van der Waals surface area contributed by atoms with Gasteiger partial charge in [-0.2, -0.15) is 9.50 Å². The van der Waals surface area contributed by atoms with Crippen molar-refractivity contribution < 1.29 is 4.74 Å². The summed E-state index contributed by atoms with van der Waals surface area (Å²) in [6, 6.07) is 9.72. The Kier molecular flexibility index (Phi) is 4.30. The van der Waals surface area contributed by atoms with Crippen molar-refractivity contribution in [1.82, 2.24) is 39.7 Å². The zero-order valence-electron chi connectivity index (χ0n) is 15.6. The van der Waals surface area contributed by atoms with Gasteiger partial charge in [0.1, 0.15) is 12.3 Å². The van der Waals surface area contributed by atoms with E-state index in [4.69, 9.17) is 4.74 Å². The molecule has 0 atom stereocenters. The van der Waals surface area contributed by atoms with Crippen molar-refractivity contribution in [2.75, 3.05) is 12.4 Å². The summed E-state index contributed by atoms with van der Waals surface area (Å²) >= 11 is 1.54. The van der Waals surface area contributed by atoms with Crippen LogP contribution in [0.3, 0.4) is 0 Å². The molecule has 1 N–H and O–H groups in total. The number of aromatic nitrogens is 8. The fourth-order valence-electron chi connectivity index (χ4n) is 2.90. The molecule has 0 aliphatic rings. The zero-order chi connectivity index (χ0) is 19.8. The average Bonchev–Trinajstić information content (AvgIpc) is 3.32. The van der Waals surface area contributed by atoms with Gasteiger partial charge in [-0.25, -0.2) is 15.0 Å². The predicted octanol–water partition coefficient (Wildman–Crippen LogP) is 2.78. The van der Waals surface area contributed by atoms with Crippen LogP contribution in [0, 0.1) is 6.92 Å². The molecule has 144 valence electrons. The van der Waals surface area contributed by atoms with E-state index in [1.807, 2.05) is 31.2 Å². The number of methoxy groups -OCH3 is 1. The van der Waals surface area contributed by atoms with Gasteiger partial charge in [-0.15, -0.1) is 15.3 Å². The molecule has 5 rings (SSSR count). The van der Waals surface area contributed by atoms with Crippen LogP contribution in [-0.4, -0.2) is 46.9 Å². The third-order valence-corrected chi connectivity index (χ3v) is 5.17. The fraction of sp³-hybridized carbons (Fsp3) is 0.167. The summed E-state index contributed by atoms with van der Waals surface area (Å²) in [6.45, 7) is 2.20. The Balaban J connectivity index is 1.49. The Hall–Kier alpha value is -3.57. The van der Waals surface area contributed by atoms with Crippen molar-refractivity contribution in [1.29, 1.82) is 0 Å². The number of nitrogens with zero attached hydrogens (tertiary/aromatic N) is 8. The van der Waals surface area contributed by atoms with Crippen LogP contribution in [0.15, 0.2) is 36.5 Å². The second-order valence-corrected chi connectivity index (χ2v) is 7.21. The smallest absolute Gasteiger partial charge is 0.272 e. The molecular formula is C18H15N9OS. The molecule has 0 radical (unpaired) electrons. The van der Waals surface area contributed by atoms with Gasteiger partial charge in [0.05, 0.1) is 21.6 Å². The highest BCUT2D eigenvalue weighted by Gasteiger charge is 2.15. The molecule has 0 aliphatic carbocycles. The number of benzene rings is 1. The Bertz CT molecular complexity index is 1300. The van der Waals surface area contributed by atoms with Gasteiger partial charge in [-0.3, -0.25) is 5.32 Å². The van der Waals surface area contributed by atoms with Gasteiger partial charge in [-0.05, 0) is 25.1 Å². The Morgan fingerprint density at radius 2 is 2.00 bits per heavy atom. The molecule has 1 aromatic carbocycles. The minimum atomic E-state index is 0.307. The lowest BCUT2D eigenvalue weighted by Crippen LogP contribution is -2.05. The second kappa shape index (κ2) is 7.11. The number of anilines is 2. The van der Waals surface area contributed by atoms with E-state index in [1.54, 1.807) is 35.2 Å². The van der Waals surface area contributed by atoms with Crippen molar-refractivity contribution in [2.24, 2.45) is 0 Å². The molecule has 11 heteroatoms. The Labute approximate surface area is 168 Å². The number of para-hydroxylation sites is 1. The van der Waals surface area contributed by atoms with E-state index in [1.165, 1.54) is 0 Å². The van der Waals surface area contributed by atoms with Gasteiger partial charge in [0.15, 0.2) is 11.0 Å². The summed E-state index contributed by atoms with van der Waals surface area (Å²) < 4.78 is 7.82. The number of fused-ring (bicyclic) bond motifs is 2. The summed E-state index contributed by atoms with van der Waals surface area (Å²) in [7, 11) is 1.59. The largest absolute Gasteiger partial charge is 0.377 e. The van der Waals surface area contributed by atoms with Crippen LogP contribution in [0.2, 0.25) is 0 Å². The monoisotopic (exact) mass is 405 g/mol. The molecule has 4 heterocycles. The maximum Gasteiger partial charge on any atom is 0.272 e. The molecule has 0 saturated carbocycles. The molecule has 0 spiro atoms. The van der Waals surface area contributed by atoms with Crippen LogP contribution in [-0.2, 0) is 11.3 Å². The van der Waals surface area contributed by atoms with E-state index in [2.05, 4.69) is 40.5 Å². The summed E-state index contributed by atoms with van der Waals surface area (Å²) in [5, 5.41) is 16.7. The molecule has 0 saturated heterocycles. The molecule has 4 aromatic heterocycles. The molecule has 0 amide bonds. The van der Waals surface area contributed by atoms with Crippen molar-refractivity contribution in [3.05, 3.63) is 48.0 Å². The van der Waals surface area contributed by atoms with E-state index in [9.17, 15) is 0 Å². The molecule has 10 nitrogen and oxygen atoms in total. The number of rotatable bonds is 5. The molecule has 0 unspecified atom stereocenters. The first kappa shape index (κ1) is 17.5. The quantitative estimate of drug-likeness (QED) is 0.471. The third kappa shape index (κ3) is 3.26. The molecule has 0 aliphatic heterocycles. The third-order valence-electron chi connectivity index (χ3n) is 4.22. The number of aryl methyl sites for hydroxylation is 1. The number of hydrogen-bond acceptors (Lipinski definition) is 10. The number of ether oxygens (including phenoxy) is 1. The zero-order valence-corrected chi connectivity index (χ0v) is 16.4. The standard InChI is InChI=1S/C18H15N9OS/c1-10-15(24-25-17-22-14(9-28-2)26-27(10)17)12-7-8-19-16(20-12)23-18-21-11-5-3-4-6-13(11)29-18/h3-8H,9H2,1-2H3,(H,19,20,21,23). The van der Waals surface area contributed by atoms with Crippen LogP contribution in [0.25, 0.3) is 27.4 Å². The molecule has 0 fully saturated rings. The highest BCUT2D eigenvalue weighted by molar-refractivity contribution is 7.22. The van der Waals surface area contributed by atoms with Crippen LogP contribution in [0.4, 0.5) is 11.1 Å². The first-order valence-electron chi connectivity index (χ1n) is 8.75. The fourth-order valence-corrected chi connectivity index (χ4v) is 3.76. The number of hydrogen-bond donors (Lipinski definition) is 1. The van der Waals surface area contributed by atoms with E-state index in [-0.39, 0.29) is 0 Å². The van der Waals surface area contributed by atoms with Crippen molar-refractivity contribution in [2.45, 2.75) is 13.5 Å². The van der Waals surface area contributed by atoms with E-state index < -0.39 is 0 Å². The van der Waals surface area contributed by atoms with Crippen LogP contribution < -0.4 is 5.32 Å². The van der Waals surface area contributed by atoms with Gasteiger partial charge < -0.3 is 4.74 Å². The number of thiazole rings is 1. The van der Waals surface area contributed by atoms with Gasteiger partial charge in [-0.1, -0.05) is 23.5 Å².